The quantitative estimate of drug-likeness (QED) is 0.824. The Morgan fingerprint density at radius 1 is 1.21 bits per heavy atom. The minimum absolute atomic E-state index is 0.151. The van der Waals surface area contributed by atoms with Gasteiger partial charge in [-0.15, -0.1) is 0 Å². The van der Waals surface area contributed by atoms with Crippen molar-refractivity contribution in [1.29, 1.82) is 0 Å². The number of hydrogen-bond donors (Lipinski definition) is 0. The molecule has 0 aliphatic carbocycles. The molecule has 0 amide bonds. The van der Waals surface area contributed by atoms with Crippen molar-refractivity contribution < 1.29 is 13.2 Å². The van der Waals surface area contributed by atoms with E-state index in [1.807, 2.05) is 0 Å². The summed E-state index contributed by atoms with van der Waals surface area (Å²) in [5.74, 6) is -0.207. The van der Waals surface area contributed by atoms with Crippen LogP contribution in [0.4, 0.5) is 0 Å². The Morgan fingerprint density at radius 2 is 1.74 bits per heavy atom. The fraction of sp³-hybridized carbons (Fsp3) is 0.667. The molecular weight excluding hydrogens is 266 g/mol. The summed E-state index contributed by atoms with van der Waals surface area (Å²) in [6.07, 6.45) is 0.284. The van der Waals surface area contributed by atoms with Crippen molar-refractivity contribution in [2.75, 3.05) is 13.1 Å². The highest BCUT2D eigenvalue weighted by Gasteiger charge is 2.30. The number of aryl methyl sites for hydroxylation is 1. The largest absolute Gasteiger partial charge is 0.273 e. The van der Waals surface area contributed by atoms with Crippen molar-refractivity contribution in [3.8, 4) is 0 Å². The molecule has 6 nitrogen and oxygen atoms in total. The Labute approximate surface area is 114 Å². The highest BCUT2D eigenvalue weighted by molar-refractivity contribution is 7.89. The second-order valence-electron chi connectivity index (χ2n) is 4.25. The van der Waals surface area contributed by atoms with Gasteiger partial charge in [0.15, 0.2) is 0 Å². The minimum atomic E-state index is -3.59. The van der Waals surface area contributed by atoms with Gasteiger partial charge in [-0.25, -0.2) is 13.1 Å². The SMILES string of the molecule is CCC(=O)n1nc(C)c(S(=O)(=O)N(CC)CC)c1C. The first-order chi connectivity index (χ1) is 8.81. The van der Waals surface area contributed by atoms with Crippen LogP contribution in [-0.2, 0) is 10.0 Å². The third-order valence-corrected chi connectivity index (χ3v) is 5.37. The highest BCUT2D eigenvalue weighted by Crippen LogP contribution is 2.23. The Morgan fingerprint density at radius 3 is 2.16 bits per heavy atom. The van der Waals surface area contributed by atoms with Gasteiger partial charge < -0.3 is 0 Å². The molecular formula is C12H21N3O3S. The van der Waals surface area contributed by atoms with Gasteiger partial charge in [0.1, 0.15) is 4.90 Å². The second-order valence-corrected chi connectivity index (χ2v) is 6.12. The standard InChI is InChI=1S/C12H21N3O3S/c1-6-11(16)15-10(5)12(9(4)13-15)19(17,18)14(7-2)8-3/h6-8H2,1-5H3. The topological polar surface area (TPSA) is 72.3 Å². The van der Waals surface area contributed by atoms with E-state index in [0.717, 1.165) is 0 Å². The van der Waals surface area contributed by atoms with E-state index >= 15 is 0 Å². The first-order valence-corrected chi connectivity index (χ1v) is 7.84. The molecule has 0 N–H and O–H groups in total. The zero-order valence-electron chi connectivity index (χ0n) is 12.1. The van der Waals surface area contributed by atoms with E-state index in [-0.39, 0.29) is 17.2 Å². The number of aromatic nitrogens is 2. The van der Waals surface area contributed by atoms with E-state index in [9.17, 15) is 13.2 Å². The average Bonchev–Trinajstić information content (AvgIpc) is 2.65. The van der Waals surface area contributed by atoms with Crippen LogP contribution in [0.5, 0.6) is 0 Å². The Hall–Kier alpha value is -1.21. The van der Waals surface area contributed by atoms with Crippen molar-refractivity contribution >= 4 is 15.9 Å². The van der Waals surface area contributed by atoms with Gasteiger partial charge in [-0.1, -0.05) is 20.8 Å². The number of carbonyl (C=O) groups is 1. The fourth-order valence-electron chi connectivity index (χ4n) is 2.09. The zero-order chi connectivity index (χ0) is 14.8. The number of carbonyl (C=O) groups excluding carboxylic acids is 1. The molecule has 0 aliphatic heterocycles. The average molecular weight is 287 g/mol. The van der Waals surface area contributed by atoms with E-state index in [1.54, 1.807) is 34.6 Å². The van der Waals surface area contributed by atoms with Crippen LogP contribution < -0.4 is 0 Å². The van der Waals surface area contributed by atoms with E-state index in [4.69, 9.17) is 0 Å². The number of sulfonamides is 1. The minimum Gasteiger partial charge on any atom is -0.273 e. The van der Waals surface area contributed by atoms with Crippen LogP contribution in [0.1, 0.15) is 43.4 Å². The molecule has 0 aliphatic rings. The van der Waals surface area contributed by atoms with Gasteiger partial charge in [-0.2, -0.15) is 9.40 Å². The van der Waals surface area contributed by atoms with E-state index in [0.29, 0.717) is 24.5 Å². The predicted molar refractivity (Wildman–Crippen MR) is 72.7 cm³/mol. The lowest BCUT2D eigenvalue weighted by Crippen LogP contribution is -2.31. The summed E-state index contributed by atoms with van der Waals surface area (Å²) >= 11 is 0. The molecule has 1 aromatic heterocycles. The van der Waals surface area contributed by atoms with Crippen LogP contribution in [0.15, 0.2) is 4.90 Å². The summed E-state index contributed by atoms with van der Waals surface area (Å²) in [5, 5.41) is 4.06. The van der Waals surface area contributed by atoms with Crippen molar-refractivity contribution in [3.63, 3.8) is 0 Å². The van der Waals surface area contributed by atoms with Crippen LogP contribution in [0.3, 0.4) is 0 Å². The highest BCUT2D eigenvalue weighted by atomic mass is 32.2. The molecule has 1 aromatic rings. The van der Waals surface area contributed by atoms with Crippen molar-refractivity contribution in [3.05, 3.63) is 11.4 Å². The smallest absolute Gasteiger partial charge is 0.246 e. The lowest BCUT2D eigenvalue weighted by molar-refractivity contribution is 0.0890. The van der Waals surface area contributed by atoms with Gasteiger partial charge in [-0.3, -0.25) is 4.79 Å². The monoisotopic (exact) mass is 287 g/mol. The van der Waals surface area contributed by atoms with Crippen molar-refractivity contribution in [1.82, 2.24) is 14.1 Å². The van der Waals surface area contributed by atoms with Gasteiger partial charge in [0.25, 0.3) is 0 Å². The molecule has 0 saturated heterocycles. The second kappa shape index (κ2) is 5.83. The lowest BCUT2D eigenvalue weighted by atomic mass is 10.4. The maximum atomic E-state index is 12.5. The molecule has 0 aromatic carbocycles. The summed E-state index contributed by atoms with van der Waals surface area (Å²) < 4.78 is 27.6. The summed E-state index contributed by atoms with van der Waals surface area (Å²) in [6, 6.07) is 0. The number of nitrogens with zero attached hydrogens (tertiary/aromatic N) is 3. The van der Waals surface area contributed by atoms with Crippen LogP contribution in [0.2, 0.25) is 0 Å². The third-order valence-electron chi connectivity index (χ3n) is 3.07. The van der Waals surface area contributed by atoms with Gasteiger partial charge in [0.2, 0.25) is 15.9 Å². The van der Waals surface area contributed by atoms with Gasteiger partial charge in [0.05, 0.1) is 11.4 Å². The summed E-state index contributed by atoms with van der Waals surface area (Å²) in [4.78, 5) is 11.9. The Balaban J connectivity index is 3.44. The fourth-order valence-corrected chi connectivity index (χ4v) is 3.90. The molecule has 0 fully saturated rings. The maximum Gasteiger partial charge on any atom is 0.246 e. The number of rotatable bonds is 5. The molecule has 0 radical (unpaired) electrons. The normalized spacial score (nSPS) is 12.1. The Bertz CT molecular complexity index is 571. The number of hydrogen-bond acceptors (Lipinski definition) is 4. The van der Waals surface area contributed by atoms with Gasteiger partial charge in [0, 0.05) is 19.5 Å². The molecule has 108 valence electrons. The van der Waals surface area contributed by atoms with E-state index in [2.05, 4.69) is 5.10 Å². The molecule has 0 unspecified atom stereocenters. The van der Waals surface area contributed by atoms with Crippen LogP contribution in [0.25, 0.3) is 0 Å². The third kappa shape index (κ3) is 2.71. The molecule has 19 heavy (non-hydrogen) atoms. The summed E-state index contributed by atoms with van der Waals surface area (Å²) in [6.45, 7) is 9.31. The van der Waals surface area contributed by atoms with Crippen molar-refractivity contribution in [2.24, 2.45) is 0 Å². The lowest BCUT2D eigenvalue weighted by Gasteiger charge is -2.18. The maximum absolute atomic E-state index is 12.5. The zero-order valence-corrected chi connectivity index (χ0v) is 12.9. The van der Waals surface area contributed by atoms with Gasteiger partial charge in [-0.05, 0) is 13.8 Å². The first kappa shape index (κ1) is 15.8. The van der Waals surface area contributed by atoms with Crippen LogP contribution in [0, 0.1) is 13.8 Å². The molecule has 1 heterocycles. The molecule has 0 saturated carbocycles. The summed E-state index contributed by atoms with van der Waals surface area (Å²) in [7, 11) is -3.59. The molecule has 7 heteroatoms. The van der Waals surface area contributed by atoms with Crippen LogP contribution in [-0.4, -0.2) is 41.5 Å². The molecule has 0 spiro atoms. The molecule has 0 bridgehead atoms. The molecule has 1 rings (SSSR count). The van der Waals surface area contributed by atoms with E-state index < -0.39 is 10.0 Å². The summed E-state index contributed by atoms with van der Waals surface area (Å²) in [5.41, 5.74) is 0.752. The molecule has 0 atom stereocenters. The predicted octanol–water partition coefficient (Wildman–Crippen LogP) is 1.58. The van der Waals surface area contributed by atoms with Crippen LogP contribution >= 0.6 is 0 Å². The Kier molecular flexibility index (Phi) is 4.86. The van der Waals surface area contributed by atoms with E-state index in [1.165, 1.54) is 8.99 Å². The van der Waals surface area contributed by atoms with Gasteiger partial charge >= 0.3 is 0 Å². The first-order valence-electron chi connectivity index (χ1n) is 6.40. The van der Waals surface area contributed by atoms with Crippen molar-refractivity contribution in [2.45, 2.75) is 45.9 Å².